The van der Waals surface area contributed by atoms with Gasteiger partial charge in [0.25, 0.3) is 5.56 Å². The molecule has 2 aromatic carbocycles. The molecule has 10 rings (SSSR count). The van der Waals surface area contributed by atoms with E-state index in [1.165, 1.54) is 4.57 Å². The van der Waals surface area contributed by atoms with E-state index in [4.69, 9.17) is 11.6 Å². The maximum atomic E-state index is 13.9. The van der Waals surface area contributed by atoms with E-state index in [1.807, 2.05) is 41.8 Å². The zero-order valence-corrected chi connectivity index (χ0v) is 37.5. The van der Waals surface area contributed by atoms with Crippen molar-refractivity contribution in [2.24, 2.45) is 18.4 Å². The number of aromatic nitrogens is 4. The Hall–Kier alpha value is -4.99. The van der Waals surface area contributed by atoms with Crippen molar-refractivity contribution in [3.05, 3.63) is 86.2 Å². The highest BCUT2D eigenvalue weighted by molar-refractivity contribution is 7.92. The van der Waals surface area contributed by atoms with Crippen molar-refractivity contribution >= 4 is 72.4 Å². The molecule has 5 aromatic rings. The van der Waals surface area contributed by atoms with Crippen molar-refractivity contribution < 1.29 is 18.0 Å². The number of rotatable bonds is 9. The number of imide groups is 1. The van der Waals surface area contributed by atoms with Crippen LogP contribution in [0, 0.1) is 18.3 Å². The van der Waals surface area contributed by atoms with Gasteiger partial charge in [-0.25, -0.2) is 18.2 Å². The van der Waals surface area contributed by atoms with E-state index in [9.17, 15) is 27.6 Å². The van der Waals surface area contributed by atoms with Crippen molar-refractivity contribution in [2.45, 2.75) is 106 Å². The molecule has 5 aliphatic rings. The number of amides is 2. The SMILES string of the molecule is Cc1cc(S(=O)(=O)C2CC3(CCN(CC4CCN(c5ccc6c(c5)n(C)c(=O)n6C5CCC(=O)NC5=O)CC4)CC3)C2)ccc1Nc1cc2c(cn1)cc(Cl)c(=O)n2C1CCCC1. The van der Waals surface area contributed by atoms with Crippen molar-refractivity contribution in [3.63, 3.8) is 0 Å². The summed E-state index contributed by atoms with van der Waals surface area (Å²) >= 11 is 6.34. The molecule has 3 aliphatic heterocycles. The maximum absolute atomic E-state index is 13.9. The number of nitrogens with one attached hydrogen (secondary N) is 2. The summed E-state index contributed by atoms with van der Waals surface area (Å²) in [4.78, 5) is 60.7. The summed E-state index contributed by atoms with van der Waals surface area (Å²) in [6.07, 6.45) is 11.9. The standard InChI is InChI=1S/C47H55ClN8O6S/c1-29-21-34(8-9-37(29)50-42-24-40-31(27-49-42)22-36(48)45(59)55(40)32-5-3-4-6-32)63(61,62)35-25-47(26-35)15-19-53(20-16-47)28-30-13-17-54(18-14-30)33-7-10-38-41(23-33)52(2)46(60)56(38)39-11-12-43(57)51-44(39)58/h7-10,21-24,27,30,32,35,39H,3-6,11-20,25-26,28H2,1-2H3,(H,49,50)(H,51,57,58). The minimum atomic E-state index is -3.49. The minimum absolute atomic E-state index is 0.0926. The van der Waals surface area contributed by atoms with Crippen molar-refractivity contribution in [2.75, 3.05) is 42.9 Å². The second-order valence-electron chi connectivity index (χ2n) is 19.0. The lowest BCUT2D eigenvalue weighted by Crippen LogP contribution is -2.52. The van der Waals surface area contributed by atoms with Crippen LogP contribution in [-0.4, -0.2) is 81.8 Å². The smallest absolute Gasteiger partial charge is 0.329 e. The number of pyridine rings is 2. The molecule has 1 unspecified atom stereocenters. The lowest BCUT2D eigenvalue weighted by molar-refractivity contribution is -0.135. The molecule has 16 heteroatoms. The monoisotopic (exact) mass is 894 g/mol. The number of anilines is 3. The number of likely N-dealkylation sites (tertiary alicyclic amines) is 1. The Balaban J connectivity index is 0.718. The molecule has 0 bridgehead atoms. The van der Waals surface area contributed by atoms with E-state index < -0.39 is 21.8 Å². The van der Waals surface area contributed by atoms with Crippen molar-refractivity contribution in [3.8, 4) is 0 Å². The molecule has 5 fully saturated rings. The zero-order valence-electron chi connectivity index (χ0n) is 35.9. The first kappa shape index (κ1) is 42.0. The Morgan fingerprint density at radius 2 is 1.60 bits per heavy atom. The van der Waals surface area contributed by atoms with E-state index in [0.29, 0.717) is 41.4 Å². The number of hydrogen-bond donors (Lipinski definition) is 2. The molecule has 2 N–H and O–H groups in total. The fourth-order valence-electron chi connectivity index (χ4n) is 11.3. The first-order valence-corrected chi connectivity index (χ1v) is 24.5. The highest BCUT2D eigenvalue weighted by Gasteiger charge is 2.51. The van der Waals surface area contributed by atoms with Gasteiger partial charge in [0.2, 0.25) is 11.8 Å². The van der Waals surface area contributed by atoms with Crippen LogP contribution in [0.25, 0.3) is 21.9 Å². The molecule has 63 heavy (non-hydrogen) atoms. The predicted molar refractivity (Wildman–Crippen MR) is 245 cm³/mol. The number of aryl methyl sites for hydroxylation is 2. The van der Waals surface area contributed by atoms with Crippen LogP contribution in [0.1, 0.15) is 94.7 Å². The molecule has 332 valence electrons. The molecule has 2 aliphatic carbocycles. The van der Waals surface area contributed by atoms with E-state index in [1.54, 1.807) is 36.0 Å². The predicted octanol–water partition coefficient (Wildman–Crippen LogP) is 6.78. The number of nitrogens with zero attached hydrogens (tertiary/aromatic N) is 6. The van der Waals surface area contributed by atoms with Crippen LogP contribution in [0.2, 0.25) is 5.02 Å². The largest absolute Gasteiger partial charge is 0.371 e. The minimum Gasteiger partial charge on any atom is -0.371 e. The van der Waals surface area contributed by atoms with Crippen LogP contribution in [0.4, 0.5) is 17.2 Å². The van der Waals surface area contributed by atoms with Crippen LogP contribution in [0.3, 0.4) is 0 Å². The number of carbonyl (C=O) groups excluding carboxylic acids is 2. The molecule has 1 atom stereocenters. The number of halogens is 1. The number of fused-ring (bicyclic) bond motifs is 2. The molecule has 2 amide bonds. The molecular weight excluding hydrogens is 840 g/mol. The Bertz CT molecular complexity index is 2880. The van der Waals surface area contributed by atoms with Gasteiger partial charge in [-0.1, -0.05) is 24.4 Å². The van der Waals surface area contributed by atoms with E-state index in [2.05, 4.69) is 25.4 Å². The third-order valence-electron chi connectivity index (χ3n) is 15.1. The highest BCUT2D eigenvalue weighted by Crippen LogP contribution is 2.53. The summed E-state index contributed by atoms with van der Waals surface area (Å²) in [6.45, 7) is 6.80. The first-order valence-electron chi connectivity index (χ1n) is 22.6. The average molecular weight is 896 g/mol. The number of benzene rings is 2. The van der Waals surface area contributed by atoms with Gasteiger partial charge in [0.05, 0.1) is 26.7 Å². The topological polar surface area (TPSA) is 161 Å². The Labute approximate surface area is 371 Å². The summed E-state index contributed by atoms with van der Waals surface area (Å²) in [5.41, 5.74) is 4.55. The molecule has 2 saturated carbocycles. The Morgan fingerprint density at radius 3 is 2.32 bits per heavy atom. The van der Waals surface area contributed by atoms with Crippen LogP contribution in [0.5, 0.6) is 0 Å². The summed E-state index contributed by atoms with van der Waals surface area (Å²) in [7, 11) is -1.76. The third-order valence-corrected chi connectivity index (χ3v) is 17.5. The fourth-order valence-corrected chi connectivity index (χ4v) is 13.7. The number of sulfone groups is 1. The van der Waals surface area contributed by atoms with Crippen LogP contribution < -0.4 is 26.8 Å². The Morgan fingerprint density at radius 1 is 0.857 bits per heavy atom. The van der Waals surface area contributed by atoms with Crippen molar-refractivity contribution in [1.29, 1.82) is 0 Å². The lowest BCUT2D eigenvalue weighted by Gasteiger charge is -2.52. The van der Waals surface area contributed by atoms with Gasteiger partial charge < -0.3 is 19.7 Å². The second kappa shape index (κ2) is 16.2. The van der Waals surface area contributed by atoms with Crippen LogP contribution in [-0.2, 0) is 26.5 Å². The van der Waals surface area contributed by atoms with Crippen LogP contribution in [0.15, 0.2) is 69.2 Å². The first-order chi connectivity index (χ1) is 30.3. The van der Waals surface area contributed by atoms with Gasteiger partial charge >= 0.3 is 5.69 Å². The van der Waals surface area contributed by atoms with Gasteiger partial charge in [-0.15, -0.1) is 0 Å². The Kier molecular flexibility index (Phi) is 10.8. The molecule has 6 heterocycles. The molecular formula is C47H55ClN8O6S. The average Bonchev–Trinajstić information content (AvgIpc) is 3.88. The van der Waals surface area contributed by atoms with E-state index in [-0.39, 0.29) is 45.3 Å². The quantitative estimate of drug-likeness (QED) is 0.151. The molecule has 3 aromatic heterocycles. The summed E-state index contributed by atoms with van der Waals surface area (Å²) in [6, 6.07) is 14.3. The summed E-state index contributed by atoms with van der Waals surface area (Å²) in [5, 5.41) is 6.39. The third kappa shape index (κ3) is 7.67. The second-order valence-corrected chi connectivity index (χ2v) is 21.6. The molecule has 0 radical (unpaired) electrons. The summed E-state index contributed by atoms with van der Waals surface area (Å²) < 4.78 is 32.8. The molecule has 14 nitrogen and oxygen atoms in total. The number of piperidine rings is 3. The van der Waals surface area contributed by atoms with E-state index >= 15 is 0 Å². The van der Waals surface area contributed by atoms with Crippen LogP contribution >= 0.6 is 11.6 Å². The normalized spacial score (nSPS) is 21.7. The molecule has 3 saturated heterocycles. The van der Waals surface area contributed by atoms with Gasteiger partial charge in [0, 0.05) is 68.2 Å². The number of imidazole rings is 1. The zero-order chi connectivity index (χ0) is 43.8. The fraction of sp³-hybridized carbons (Fsp3) is 0.511. The number of carbonyl (C=O) groups is 2. The van der Waals surface area contributed by atoms with Gasteiger partial charge in [-0.3, -0.25) is 28.8 Å². The lowest BCUT2D eigenvalue weighted by atomic mass is 9.63. The van der Waals surface area contributed by atoms with Gasteiger partial charge in [-0.2, -0.15) is 0 Å². The van der Waals surface area contributed by atoms with Gasteiger partial charge in [-0.05, 0) is 137 Å². The van der Waals surface area contributed by atoms with Crippen molar-refractivity contribution in [1.82, 2.24) is 28.9 Å². The molecule has 1 spiro atoms. The summed E-state index contributed by atoms with van der Waals surface area (Å²) in [5.74, 6) is 0.434. The highest BCUT2D eigenvalue weighted by atomic mass is 35.5. The maximum Gasteiger partial charge on any atom is 0.329 e. The van der Waals surface area contributed by atoms with E-state index in [0.717, 1.165) is 117 Å². The van der Waals surface area contributed by atoms with Gasteiger partial charge in [0.15, 0.2) is 9.84 Å². The number of hydrogen-bond acceptors (Lipinski definition) is 10. The van der Waals surface area contributed by atoms with Gasteiger partial charge in [0.1, 0.15) is 16.9 Å².